The van der Waals surface area contributed by atoms with E-state index in [2.05, 4.69) is 49.5 Å². The van der Waals surface area contributed by atoms with Crippen LogP contribution in [0.3, 0.4) is 0 Å². The molecular weight excluding hydrogens is 172 g/mol. The number of thioether (sulfide) groups is 2. The fourth-order valence-corrected chi connectivity index (χ4v) is 4.22. The van der Waals surface area contributed by atoms with Crippen molar-refractivity contribution in [3.8, 4) is 0 Å². The van der Waals surface area contributed by atoms with Crippen molar-refractivity contribution in [2.45, 2.75) is 24.9 Å². The van der Waals surface area contributed by atoms with Crippen molar-refractivity contribution in [3.63, 3.8) is 0 Å². The van der Waals surface area contributed by atoms with E-state index in [0.29, 0.717) is 0 Å². The van der Waals surface area contributed by atoms with Crippen LogP contribution in [0, 0.1) is 5.92 Å². The summed E-state index contributed by atoms with van der Waals surface area (Å²) in [5, 5.41) is 0. The van der Waals surface area contributed by atoms with Crippen LogP contribution in [0.15, 0.2) is 12.2 Å². The van der Waals surface area contributed by atoms with Crippen molar-refractivity contribution >= 4 is 23.5 Å². The predicted molar refractivity (Wildman–Crippen MR) is 57.3 cm³/mol. The molecule has 0 nitrogen and oxygen atoms in total. The highest BCUT2D eigenvalue weighted by Crippen LogP contribution is 2.36. The number of allylic oxidation sites excluding steroid dienone is 2. The summed E-state index contributed by atoms with van der Waals surface area (Å²) in [5.41, 5.74) is 0. The van der Waals surface area contributed by atoms with E-state index < -0.39 is 0 Å². The minimum absolute atomic E-state index is 0.746. The maximum atomic E-state index is 2.32. The van der Waals surface area contributed by atoms with E-state index in [4.69, 9.17) is 0 Å². The average Bonchev–Trinajstić information content (AvgIpc) is 2.07. The Morgan fingerprint density at radius 1 is 1.36 bits per heavy atom. The topological polar surface area (TPSA) is 0 Å². The molecule has 1 atom stereocenters. The van der Waals surface area contributed by atoms with Crippen LogP contribution >= 0.6 is 23.5 Å². The maximum Gasteiger partial charge on any atom is 0.0562 e. The third kappa shape index (κ3) is 3.12. The minimum atomic E-state index is 0.746. The quantitative estimate of drug-likeness (QED) is 0.609. The van der Waals surface area contributed by atoms with E-state index in [1.54, 1.807) is 0 Å². The van der Waals surface area contributed by atoms with Gasteiger partial charge < -0.3 is 0 Å². The van der Waals surface area contributed by atoms with E-state index in [1.807, 2.05) is 0 Å². The number of hydrogen-bond acceptors (Lipinski definition) is 2. The highest BCUT2D eigenvalue weighted by molar-refractivity contribution is 8.17. The van der Waals surface area contributed by atoms with Gasteiger partial charge >= 0.3 is 0 Å². The number of hydrogen-bond donors (Lipinski definition) is 0. The molecule has 0 aromatic heterocycles. The maximum absolute atomic E-state index is 2.32. The van der Waals surface area contributed by atoms with Crippen molar-refractivity contribution in [3.05, 3.63) is 12.2 Å². The lowest BCUT2D eigenvalue weighted by atomic mass is 10.2. The molecule has 0 radical (unpaired) electrons. The van der Waals surface area contributed by atoms with Crippen LogP contribution in [0.2, 0.25) is 0 Å². The molecule has 0 spiro atoms. The molecule has 0 saturated carbocycles. The van der Waals surface area contributed by atoms with Gasteiger partial charge in [0.15, 0.2) is 0 Å². The molecule has 1 rings (SSSR count). The smallest absolute Gasteiger partial charge is 0.0562 e. The molecule has 11 heavy (non-hydrogen) atoms. The molecule has 1 saturated heterocycles. The summed E-state index contributed by atoms with van der Waals surface area (Å²) >= 11 is 4.25. The van der Waals surface area contributed by atoms with Gasteiger partial charge in [0.05, 0.1) is 4.58 Å². The van der Waals surface area contributed by atoms with E-state index in [9.17, 15) is 0 Å². The normalized spacial score (nSPS) is 24.2. The first kappa shape index (κ1) is 9.53. The zero-order valence-electron chi connectivity index (χ0n) is 7.25. The van der Waals surface area contributed by atoms with Gasteiger partial charge in [0.2, 0.25) is 0 Å². The highest BCUT2D eigenvalue weighted by atomic mass is 32.2. The van der Waals surface area contributed by atoms with Crippen molar-refractivity contribution in [2.75, 3.05) is 11.5 Å². The zero-order chi connectivity index (χ0) is 8.10. The molecule has 1 fully saturated rings. The largest absolute Gasteiger partial charge is 0.147 e. The first-order valence-corrected chi connectivity index (χ1v) is 6.30. The van der Waals surface area contributed by atoms with Gasteiger partial charge in [0.25, 0.3) is 0 Å². The number of rotatable bonds is 2. The Labute approximate surface area is 78.2 Å². The monoisotopic (exact) mass is 188 g/mol. The summed E-state index contributed by atoms with van der Waals surface area (Å²) in [6.07, 6.45) is 5.88. The molecule has 0 amide bonds. The fraction of sp³-hybridized carbons (Fsp3) is 0.778. The third-order valence-electron chi connectivity index (χ3n) is 1.78. The Hall–Kier alpha value is 0.440. The summed E-state index contributed by atoms with van der Waals surface area (Å²) in [6, 6.07) is 0. The van der Waals surface area contributed by atoms with Gasteiger partial charge in [-0.1, -0.05) is 19.1 Å². The van der Waals surface area contributed by atoms with Gasteiger partial charge in [-0.25, -0.2) is 0 Å². The first-order valence-electron chi connectivity index (χ1n) is 4.20. The molecule has 64 valence electrons. The molecule has 1 aliphatic heterocycles. The molecule has 0 aromatic rings. The molecule has 0 N–H and O–H groups in total. The summed E-state index contributed by atoms with van der Waals surface area (Å²) < 4.78 is 0.819. The van der Waals surface area contributed by atoms with Crippen LogP contribution in [0.25, 0.3) is 0 Å². The second kappa shape index (κ2) is 5.15. The van der Waals surface area contributed by atoms with Crippen molar-refractivity contribution in [1.82, 2.24) is 0 Å². The van der Waals surface area contributed by atoms with Crippen molar-refractivity contribution in [1.29, 1.82) is 0 Å². The van der Waals surface area contributed by atoms with E-state index >= 15 is 0 Å². The van der Waals surface area contributed by atoms with Gasteiger partial charge in [-0.2, -0.15) is 0 Å². The van der Waals surface area contributed by atoms with E-state index in [0.717, 1.165) is 10.5 Å². The molecule has 1 heterocycles. The van der Waals surface area contributed by atoms with E-state index in [-0.39, 0.29) is 0 Å². The molecule has 0 bridgehead atoms. The second-order valence-electron chi connectivity index (χ2n) is 2.85. The Morgan fingerprint density at radius 3 is 2.55 bits per heavy atom. The lowest BCUT2D eigenvalue weighted by molar-refractivity contribution is 0.803. The van der Waals surface area contributed by atoms with E-state index in [1.165, 1.54) is 17.9 Å². The molecule has 2 heteroatoms. The average molecular weight is 188 g/mol. The lowest BCUT2D eigenvalue weighted by Crippen LogP contribution is -2.13. The van der Waals surface area contributed by atoms with Crippen molar-refractivity contribution in [2.24, 2.45) is 5.92 Å². The predicted octanol–water partition coefficient (Wildman–Crippen LogP) is 3.39. The Morgan fingerprint density at radius 2 is 2.00 bits per heavy atom. The fourth-order valence-electron chi connectivity index (χ4n) is 1.20. The Bertz CT molecular complexity index is 126. The molecule has 0 aliphatic carbocycles. The SMILES string of the molecule is CC=C[C@H](C)C1SCCCS1. The molecular formula is C9H16S2. The van der Waals surface area contributed by atoms with Gasteiger partial charge in [-0.05, 0) is 30.8 Å². The summed E-state index contributed by atoms with van der Waals surface area (Å²) in [5.74, 6) is 3.47. The summed E-state index contributed by atoms with van der Waals surface area (Å²) in [6.45, 7) is 4.42. The first-order chi connectivity index (χ1) is 5.34. The lowest BCUT2D eigenvalue weighted by Gasteiger charge is -2.24. The van der Waals surface area contributed by atoms with Crippen LogP contribution < -0.4 is 0 Å². The second-order valence-corrected chi connectivity index (χ2v) is 5.65. The van der Waals surface area contributed by atoms with Crippen LogP contribution in [0.1, 0.15) is 20.3 Å². The van der Waals surface area contributed by atoms with Gasteiger partial charge in [0.1, 0.15) is 0 Å². The van der Waals surface area contributed by atoms with Crippen molar-refractivity contribution < 1.29 is 0 Å². The van der Waals surface area contributed by atoms with Crippen LogP contribution in [0.4, 0.5) is 0 Å². The van der Waals surface area contributed by atoms with Gasteiger partial charge in [-0.3, -0.25) is 0 Å². The standard InChI is InChI=1S/C9H16S2/c1-3-5-8(2)9-10-6-4-7-11-9/h3,5,8-9H,4,6-7H2,1-2H3/t8-/m0/s1. The van der Waals surface area contributed by atoms with Crippen LogP contribution in [-0.4, -0.2) is 16.1 Å². The summed E-state index contributed by atoms with van der Waals surface area (Å²) in [7, 11) is 0. The molecule has 0 unspecified atom stereocenters. The summed E-state index contributed by atoms with van der Waals surface area (Å²) in [4.78, 5) is 0. The Kier molecular flexibility index (Phi) is 4.46. The van der Waals surface area contributed by atoms with Gasteiger partial charge in [0, 0.05) is 0 Å². The Balaban J connectivity index is 2.32. The molecule has 1 aliphatic rings. The van der Waals surface area contributed by atoms with Gasteiger partial charge in [-0.15, -0.1) is 23.5 Å². The third-order valence-corrected chi connectivity index (χ3v) is 5.16. The highest BCUT2D eigenvalue weighted by Gasteiger charge is 2.18. The molecule has 0 aromatic carbocycles. The van der Waals surface area contributed by atoms with Crippen LogP contribution in [-0.2, 0) is 0 Å². The van der Waals surface area contributed by atoms with Crippen LogP contribution in [0.5, 0.6) is 0 Å². The zero-order valence-corrected chi connectivity index (χ0v) is 8.88. The minimum Gasteiger partial charge on any atom is -0.147 e.